The van der Waals surface area contributed by atoms with Gasteiger partial charge in [0.25, 0.3) is 5.91 Å². The number of amides is 1. The summed E-state index contributed by atoms with van der Waals surface area (Å²) < 4.78 is 50.3. The number of halogens is 3. The molecule has 2 heterocycles. The predicted octanol–water partition coefficient (Wildman–Crippen LogP) is 7.15. The average molecular weight is 499 g/mol. The minimum absolute atomic E-state index is 0.267. The van der Waals surface area contributed by atoms with Crippen LogP contribution in [0, 0.1) is 0 Å². The molecule has 0 atom stereocenters. The Morgan fingerprint density at radius 3 is 2.60 bits per heavy atom. The maximum absolute atomic E-state index is 13.0. The molecule has 1 saturated heterocycles. The molecule has 35 heavy (non-hydrogen) atoms. The molecule has 0 unspecified atom stereocenters. The lowest BCUT2D eigenvalue weighted by molar-refractivity contribution is -0.137. The van der Waals surface area contributed by atoms with Gasteiger partial charge in [-0.25, -0.2) is 4.99 Å². The zero-order valence-electron chi connectivity index (χ0n) is 18.7. The molecule has 0 aliphatic carbocycles. The quantitative estimate of drug-likeness (QED) is 0.256. The highest BCUT2D eigenvalue weighted by Crippen LogP contribution is 2.36. The summed E-state index contributed by atoms with van der Waals surface area (Å²) >= 11 is 1.18. The van der Waals surface area contributed by atoms with Crippen LogP contribution in [0.25, 0.3) is 17.4 Å². The number of furan rings is 1. The third-order valence-electron chi connectivity index (χ3n) is 4.95. The molecule has 0 spiro atoms. The number of carbonyl (C=O) groups is 1. The topological polar surface area (TPSA) is 55.0 Å². The van der Waals surface area contributed by atoms with E-state index in [2.05, 4.69) is 11.6 Å². The van der Waals surface area contributed by atoms with E-state index in [1.807, 2.05) is 6.92 Å². The molecule has 2 aromatic carbocycles. The van der Waals surface area contributed by atoms with Gasteiger partial charge >= 0.3 is 6.18 Å². The third-order valence-corrected chi connectivity index (χ3v) is 5.95. The van der Waals surface area contributed by atoms with Gasteiger partial charge in [-0.1, -0.05) is 18.2 Å². The Hall–Kier alpha value is -3.72. The fraction of sp³-hybridized carbons (Fsp3) is 0.154. The summed E-state index contributed by atoms with van der Waals surface area (Å²) in [5.74, 6) is 1.07. The Kier molecular flexibility index (Phi) is 7.16. The van der Waals surface area contributed by atoms with Gasteiger partial charge in [0, 0.05) is 18.2 Å². The van der Waals surface area contributed by atoms with E-state index in [4.69, 9.17) is 9.15 Å². The number of benzene rings is 2. The molecule has 1 fully saturated rings. The molecule has 5 nitrogen and oxygen atoms in total. The number of carbonyl (C=O) groups excluding carboxylic acids is 1. The predicted molar refractivity (Wildman–Crippen MR) is 131 cm³/mol. The van der Waals surface area contributed by atoms with Crippen molar-refractivity contribution in [2.24, 2.45) is 4.99 Å². The van der Waals surface area contributed by atoms with Crippen molar-refractivity contribution in [1.82, 2.24) is 4.90 Å². The van der Waals surface area contributed by atoms with Crippen LogP contribution in [0.15, 0.2) is 87.6 Å². The molecule has 0 N–H and O–H groups in total. The first-order chi connectivity index (χ1) is 16.8. The third kappa shape index (κ3) is 5.68. The lowest BCUT2D eigenvalue weighted by Crippen LogP contribution is -2.29. The van der Waals surface area contributed by atoms with E-state index in [1.54, 1.807) is 48.6 Å². The van der Waals surface area contributed by atoms with Gasteiger partial charge in [0.1, 0.15) is 17.3 Å². The van der Waals surface area contributed by atoms with Gasteiger partial charge in [-0.2, -0.15) is 13.2 Å². The first-order valence-corrected chi connectivity index (χ1v) is 11.5. The summed E-state index contributed by atoms with van der Waals surface area (Å²) in [4.78, 5) is 19.5. The molecular weight excluding hydrogens is 477 g/mol. The molecule has 1 aliphatic heterocycles. The minimum atomic E-state index is -4.45. The number of nitrogens with zero attached hydrogens (tertiary/aromatic N) is 2. The average Bonchev–Trinajstić information content (AvgIpc) is 3.41. The van der Waals surface area contributed by atoms with Crippen LogP contribution in [0.3, 0.4) is 0 Å². The second kappa shape index (κ2) is 10.3. The van der Waals surface area contributed by atoms with Gasteiger partial charge in [-0.3, -0.25) is 9.69 Å². The Labute approximate surface area is 204 Å². The Morgan fingerprint density at radius 1 is 1.14 bits per heavy atom. The number of rotatable bonds is 7. The summed E-state index contributed by atoms with van der Waals surface area (Å²) in [7, 11) is 0. The zero-order chi connectivity index (χ0) is 25.0. The molecular formula is C26H21F3N2O3S. The molecule has 1 aliphatic rings. The van der Waals surface area contributed by atoms with Crippen LogP contribution in [0.1, 0.15) is 18.2 Å². The molecule has 0 saturated carbocycles. The molecule has 1 amide bonds. The lowest BCUT2D eigenvalue weighted by atomic mass is 10.1. The minimum Gasteiger partial charge on any atom is -0.494 e. The zero-order valence-corrected chi connectivity index (χ0v) is 19.5. The van der Waals surface area contributed by atoms with Crippen LogP contribution in [0.2, 0.25) is 0 Å². The molecule has 1 aromatic heterocycles. The highest BCUT2D eigenvalue weighted by molar-refractivity contribution is 8.18. The maximum atomic E-state index is 13.0. The van der Waals surface area contributed by atoms with E-state index in [0.717, 1.165) is 17.9 Å². The number of amidine groups is 1. The van der Waals surface area contributed by atoms with Crippen molar-refractivity contribution in [2.75, 3.05) is 13.2 Å². The van der Waals surface area contributed by atoms with Gasteiger partial charge in [-0.05, 0) is 67.2 Å². The largest absolute Gasteiger partial charge is 0.494 e. The van der Waals surface area contributed by atoms with Crippen molar-refractivity contribution >= 4 is 34.6 Å². The van der Waals surface area contributed by atoms with Crippen LogP contribution in [-0.4, -0.2) is 29.1 Å². The van der Waals surface area contributed by atoms with Gasteiger partial charge in [-0.15, -0.1) is 6.58 Å². The van der Waals surface area contributed by atoms with Crippen LogP contribution in [0.4, 0.5) is 18.9 Å². The van der Waals surface area contributed by atoms with Crippen LogP contribution < -0.4 is 4.74 Å². The van der Waals surface area contributed by atoms with E-state index in [-0.39, 0.29) is 18.2 Å². The number of hydrogen-bond donors (Lipinski definition) is 0. The summed E-state index contributed by atoms with van der Waals surface area (Å²) in [5, 5.41) is 0.481. The van der Waals surface area contributed by atoms with E-state index in [1.165, 1.54) is 28.8 Å². The summed E-state index contributed by atoms with van der Waals surface area (Å²) in [6.45, 7) is 6.44. The van der Waals surface area contributed by atoms with Gasteiger partial charge in [0.15, 0.2) is 5.17 Å². The van der Waals surface area contributed by atoms with Crippen LogP contribution >= 0.6 is 11.8 Å². The Bertz CT molecular complexity index is 1290. The fourth-order valence-electron chi connectivity index (χ4n) is 3.34. The smallest absolute Gasteiger partial charge is 0.416 e. The van der Waals surface area contributed by atoms with Gasteiger partial charge in [0.05, 0.1) is 22.8 Å². The monoisotopic (exact) mass is 498 g/mol. The van der Waals surface area contributed by atoms with E-state index < -0.39 is 11.7 Å². The standard InChI is InChI=1S/C26H21F3N2O3S/c1-3-14-31-24(32)23(35-25(31)30-19-8-10-20(11-9-19)33-4-2)16-21-12-13-22(34-21)17-6-5-7-18(15-17)26(27,28)29/h3,5-13,15-16H,1,4,14H2,2H3. The lowest BCUT2D eigenvalue weighted by Gasteiger charge is -2.12. The molecule has 4 rings (SSSR count). The molecule has 0 radical (unpaired) electrons. The van der Waals surface area contributed by atoms with E-state index >= 15 is 0 Å². The SMILES string of the molecule is C=CCN1C(=O)C(=Cc2ccc(-c3cccc(C(F)(F)F)c3)o2)SC1=Nc1ccc(OCC)cc1. The molecule has 0 bridgehead atoms. The van der Waals surface area contributed by atoms with Gasteiger partial charge < -0.3 is 9.15 Å². The van der Waals surface area contributed by atoms with E-state index in [9.17, 15) is 18.0 Å². The van der Waals surface area contributed by atoms with Crippen molar-refractivity contribution in [3.05, 3.63) is 89.5 Å². The highest BCUT2D eigenvalue weighted by Gasteiger charge is 2.33. The number of alkyl halides is 3. The summed E-state index contributed by atoms with van der Waals surface area (Å²) in [5.41, 5.74) is 0.188. The first kappa shape index (κ1) is 24.4. The van der Waals surface area contributed by atoms with Gasteiger partial charge in [0.2, 0.25) is 0 Å². The second-order valence-electron chi connectivity index (χ2n) is 7.42. The number of thioether (sulfide) groups is 1. The van der Waals surface area contributed by atoms with Crippen LogP contribution in [0.5, 0.6) is 5.75 Å². The van der Waals surface area contributed by atoms with Crippen molar-refractivity contribution in [3.8, 4) is 17.1 Å². The van der Waals surface area contributed by atoms with Crippen molar-refractivity contribution in [2.45, 2.75) is 13.1 Å². The molecule has 9 heteroatoms. The Morgan fingerprint density at radius 2 is 1.91 bits per heavy atom. The van der Waals surface area contributed by atoms with Crippen molar-refractivity contribution < 1.29 is 27.1 Å². The molecule has 3 aromatic rings. The molecule has 180 valence electrons. The fourth-order valence-corrected chi connectivity index (χ4v) is 4.33. The highest BCUT2D eigenvalue weighted by atomic mass is 32.2. The second-order valence-corrected chi connectivity index (χ2v) is 8.43. The number of aliphatic imine (C=N–C) groups is 1. The Balaban J connectivity index is 1.59. The van der Waals surface area contributed by atoms with Crippen molar-refractivity contribution in [3.63, 3.8) is 0 Å². The van der Waals surface area contributed by atoms with E-state index in [0.29, 0.717) is 33.7 Å². The first-order valence-electron chi connectivity index (χ1n) is 10.7. The van der Waals surface area contributed by atoms with Crippen molar-refractivity contribution in [1.29, 1.82) is 0 Å². The van der Waals surface area contributed by atoms with Crippen LogP contribution in [-0.2, 0) is 11.0 Å². The maximum Gasteiger partial charge on any atom is 0.416 e. The summed E-state index contributed by atoms with van der Waals surface area (Å²) in [6, 6.07) is 15.3. The normalized spacial score (nSPS) is 16.3. The number of hydrogen-bond acceptors (Lipinski definition) is 5. The number of ether oxygens (including phenoxy) is 1. The summed E-state index contributed by atoms with van der Waals surface area (Å²) in [6.07, 6.45) is -1.29.